The first kappa shape index (κ1) is 19.8. The smallest absolute Gasteiger partial charge is 0.333 e. The molecule has 21 heavy (non-hydrogen) atoms. The standard InChI is InChI=1S/C13H23O7P/c1-11(2)13(15)20-9-6-4-3-5-8-19-12(14)7-10-21(16,17)18/h1,3-10H2,2H3,(H2,16,17,18). The maximum atomic E-state index is 11.1. The first-order valence-corrected chi connectivity index (χ1v) is 8.55. The number of hydrogen-bond donors (Lipinski definition) is 2. The van der Waals surface area contributed by atoms with E-state index in [0.717, 1.165) is 19.3 Å². The predicted molar refractivity (Wildman–Crippen MR) is 76.7 cm³/mol. The van der Waals surface area contributed by atoms with Crippen LogP contribution >= 0.6 is 7.60 Å². The second-order valence-electron chi connectivity index (χ2n) is 4.69. The minimum absolute atomic E-state index is 0.228. The fourth-order valence-corrected chi connectivity index (χ4v) is 1.81. The van der Waals surface area contributed by atoms with Gasteiger partial charge in [-0.15, -0.1) is 0 Å². The number of rotatable bonds is 11. The van der Waals surface area contributed by atoms with Gasteiger partial charge in [-0.2, -0.15) is 0 Å². The molecule has 0 heterocycles. The molecule has 122 valence electrons. The monoisotopic (exact) mass is 322 g/mol. The van der Waals surface area contributed by atoms with Crippen LogP contribution in [0.25, 0.3) is 0 Å². The lowest BCUT2D eigenvalue weighted by atomic mass is 10.2. The molecule has 7 nitrogen and oxygen atoms in total. The Kier molecular flexibility index (Phi) is 9.95. The van der Waals surface area contributed by atoms with Crippen molar-refractivity contribution in [3.63, 3.8) is 0 Å². The molecule has 0 rings (SSSR count). The summed E-state index contributed by atoms with van der Waals surface area (Å²) in [6.07, 6.45) is 2.28. The van der Waals surface area contributed by atoms with Crippen molar-refractivity contribution in [3.05, 3.63) is 12.2 Å². The summed E-state index contributed by atoms with van der Waals surface area (Å²) in [6.45, 7) is 5.62. The van der Waals surface area contributed by atoms with E-state index < -0.39 is 25.7 Å². The van der Waals surface area contributed by atoms with Crippen molar-refractivity contribution in [1.29, 1.82) is 0 Å². The van der Waals surface area contributed by atoms with Gasteiger partial charge >= 0.3 is 19.5 Å². The van der Waals surface area contributed by atoms with Gasteiger partial charge in [-0.3, -0.25) is 9.36 Å². The summed E-state index contributed by atoms with van der Waals surface area (Å²) in [5.74, 6) is -0.998. The normalized spacial score (nSPS) is 11.0. The second kappa shape index (κ2) is 10.5. The van der Waals surface area contributed by atoms with Gasteiger partial charge in [-0.25, -0.2) is 4.79 Å². The number of unbranched alkanes of at least 4 members (excludes halogenated alkanes) is 3. The Morgan fingerprint density at radius 1 is 1.05 bits per heavy atom. The van der Waals surface area contributed by atoms with Crippen LogP contribution in [-0.4, -0.2) is 41.1 Å². The van der Waals surface area contributed by atoms with Crippen molar-refractivity contribution in [1.82, 2.24) is 0 Å². The van der Waals surface area contributed by atoms with Crippen LogP contribution in [0.2, 0.25) is 0 Å². The van der Waals surface area contributed by atoms with E-state index >= 15 is 0 Å². The number of esters is 2. The van der Waals surface area contributed by atoms with E-state index in [1.165, 1.54) is 0 Å². The molecule has 2 N–H and O–H groups in total. The fraction of sp³-hybridized carbons (Fsp3) is 0.692. The zero-order valence-corrected chi connectivity index (χ0v) is 13.1. The van der Waals surface area contributed by atoms with E-state index in [1.807, 2.05) is 0 Å². The van der Waals surface area contributed by atoms with Gasteiger partial charge in [0, 0.05) is 5.57 Å². The Morgan fingerprint density at radius 2 is 1.57 bits per heavy atom. The molecule has 0 aromatic carbocycles. The Morgan fingerprint density at radius 3 is 2.05 bits per heavy atom. The molecule has 0 radical (unpaired) electrons. The maximum Gasteiger partial charge on any atom is 0.333 e. The van der Waals surface area contributed by atoms with Gasteiger partial charge < -0.3 is 19.3 Å². The van der Waals surface area contributed by atoms with E-state index in [-0.39, 0.29) is 13.0 Å². The molecule has 0 bridgehead atoms. The van der Waals surface area contributed by atoms with Crippen molar-refractivity contribution in [3.8, 4) is 0 Å². The third kappa shape index (κ3) is 13.6. The lowest BCUT2D eigenvalue weighted by Crippen LogP contribution is -2.08. The molecule has 0 saturated carbocycles. The molecule has 0 aliphatic rings. The molecule has 0 aliphatic carbocycles. The van der Waals surface area contributed by atoms with Crippen LogP contribution in [0.1, 0.15) is 39.0 Å². The fourth-order valence-electron chi connectivity index (χ4n) is 1.34. The summed E-state index contributed by atoms with van der Waals surface area (Å²) in [4.78, 5) is 39.4. The molecule has 0 fully saturated rings. The summed E-state index contributed by atoms with van der Waals surface area (Å²) in [5, 5.41) is 0. The van der Waals surface area contributed by atoms with Crippen LogP contribution in [0.3, 0.4) is 0 Å². The largest absolute Gasteiger partial charge is 0.466 e. The third-order valence-electron chi connectivity index (χ3n) is 2.49. The van der Waals surface area contributed by atoms with Crippen molar-refractivity contribution < 1.29 is 33.4 Å². The molecule has 0 saturated heterocycles. The summed E-state index contributed by atoms with van der Waals surface area (Å²) in [6, 6.07) is 0. The van der Waals surface area contributed by atoms with Crippen LogP contribution < -0.4 is 0 Å². The average molecular weight is 322 g/mol. The summed E-state index contributed by atoms with van der Waals surface area (Å²) in [7, 11) is -4.14. The molecule has 0 aromatic heterocycles. The predicted octanol–water partition coefficient (Wildman–Crippen LogP) is 1.78. The highest BCUT2D eigenvalue weighted by Crippen LogP contribution is 2.34. The number of carbonyl (C=O) groups excluding carboxylic acids is 2. The van der Waals surface area contributed by atoms with E-state index in [9.17, 15) is 14.2 Å². The minimum atomic E-state index is -4.14. The second-order valence-corrected chi connectivity index (χ2v) is 6.47. The van der Waals surface area contributed by atoms with Gasteiger partial charge in [0.25, 0.3) is 0 Å². The Balaban J connectivity index is 3.40. The van der Waals surface area contributed by atoms with E-state index in [0.29, 0.717) is 18.6 Å². The molecule has 0 aromatic rings. The SMILES string of the molecule is C=C(C)C(=O)OCCCCCCOC(=O)CCP(=O)(O)O. The topological polar surface area (TPSA) is 110 Å². The lowest BCUT2D eigenvalue weighted by molar-refractivity contribution is -0.143. The Hall–Kier alpha value is -1.17. The van der Waals surface area contributed by atoms with Crippen molar-refractivity contribution in [2.24, 2.45) is 0 Å². The van der Waals surface area contributed by atoms with Crippen LogP contribution in [0, 0.1) is 0 Å². The number of carbonyl (C=O) groups is 2. The molecular weight excluding hydrogens is 299 g/mol. The Bertz CT molecular complexity index is 399. The summed E-state index contributed by atoms with van der Waals surface area (Å²) < 4.78 is 20.3. The summed E-state index contributed by atoms with van der Waals surface area (Å²) in [5.41, 5.74) is 0.372. The highest BCUT2D eigenvalue weighted by atomic mass is 31.2. The Labute approximate surface area is 124 Å². The van der Waals surface area contributed by atoms with Crippen LogP contribution in [0.15, 0.2) is 12.2 Å². The van der Waals surface area contributed by atoms with E-state index in [1.54, 1.807) is 6.92 Å². The average Bonchev–Trinajstić information content (AvgIpc) is 2.38. The number of hydrogen-bond acceptors (Lipinski definition) is 5. The van der Waals surface area contributed by atoms with Crippen LogP contribution in [0.5, 0.6) is 0 Å². The van der Waals surface area contributed by atoms with Gasteiger partial charge in [0.05, 0.1) is 25.8 Å². The van der Waals surface area contributed by atoms with Gasteiger partial charge in [0.1, 0.15) is 0 Å². The molecule has 0 spiro atoms. The summed E-state index contributed by atoms with van der Waals surface area (Å²) >= 11 is 0. The highest BCUT2D eigenvalue weighted by molar-refractivity contribution is 7.51. The lowest BCUT2D eigenvalue weighted by Gasteiger charge is -2.06. The zero-order valence-electron chi connectivity index (χ0n) is 12.2. The molecule has 8 heteroatoms. The highest BCUT2D eigenvalue weighted by Gasteiger charge is 2.15. The van der Waals surface area contributed by atoms with Gasteiger partial charge in [0.2, 0.25) is 0 Å². The molecule has 0 amide bonds. The number of ether oxygens (including phenoxy) is 2. The van der Waals surface area contributed by atoms with E-state index in [4.69, 9.17) is 19.3 Å². The van der Waals surface area contributed by atoms with Crippen molar-refractivity contribution in [2.45, 2.75) is 39.0 Å². The minimum Gasteiger partial charge on any atom is -0.466 e. The van der Waals surface area contributed by atoms with Crippen LogP contribution in [0.4, 0.5) is 0 Å². The van der Waals surface area contributed by atoms with E-state index in [2.05, 4.69) is 6.58 Å². The first-order chi connectivity index (χ1) is 9.72. The van der Waals surface area contributed by atoms with Crippen LogP contribution in [-0.2, 0) is 23.6 Å². The third-order valence-corrected chi connectivity index (χ3v) is 3.30. The molecule has 0 aliphatic heterocycles. The van der Waals surface area contributed by atoms with Gasteiger partial charge in [-0.05, 0) is 32.6 Å². The zero-order chi connectivity index (χ0) is 16.3. The molecular formula is C13H23O7P. The van der Waals surface area contributed by atoms with Crippen molar-refractivity contribution >= 4 is 19.5 Å². The van der Waals surface area contributed by atoms with Gasteiger partial charge in [-0.1, -0.05) is 6.58 Å². The maximum absolute atomic E-state index is 11.1. The van der Waals surface area contributed by atoms with Gasteiger partial charge in [0.15, 0.2) is 0 Å². The first-order valence-electron chi connectivity index (χ1n) is 6.75. The molecule has 0 atom stereocenters. The molecule has 0 unspecified atom stereocenters. The van der Waals surface area contributed by atoms with Crippen molar-refractivity contribution in [2.75, 3.05) is 19.4 Å². The quantitative estimate of drug-likeness (QED) is 0.258.